The van der Waals surface area contributed by atoms with Gasteiger partial charge in [-0.05, 0) is 30.7 Å². The van der Waals surface area contributed by atoms with E-state index in [2.05, 4.69) is 10.3 Å². The summed E-state index contributed by atoms with van der Waals surface area (Å²) >= 11 is 0. The van der Waals surface area contributed by atoms with Gasteiger partial charge in [0, 0.05) is 22.8 Å². The summed E-state index contributed by atoms with van der Waals surface area (Å²) in [5.74, 6) is -0.278. The number of fused-ring (bicyclic) bond motifs is 1. The van der Waals surface area contributed by atoms with Crippen LogP contribution in [-0.2, 0) is 4.74 Å². The standard InChI is InChI=1S/C25H22N2O3/c1-2-30-25(29)19-12-6-7-13-21(19)27-22(17-9-4-3-5-10-17)20-15-14-18-11-8-16-26-23(18)24(20)28/h3-16,22,27-28H,2H2,1H3/t22-/m0/s1. The van der Waals surface area contributed by atoms with Crippen molar-refractivity contribution in [1.82, 2.24) is 4.98 Å². The molecular weight excluding hydrogens is 376 g/mol. The van der Waals surface area contributed by atoms with Gasteiger partial charge in [-0.15, -0.1) is 0 Å². The van der Waals surface area contributed by atoms with E-state index in [1.54, 1.807) is 25.3 Å². The molecule has 5 nitrogen and oxygen atoms in total. The topological polar surface area (TPSA) is 71.5 Å². The predicted molar refractivity (Wildman–Crippen MR) is 118 cm³/mol. The zero-order chi connectivity index (χ0) is 20.9. The van der Waals surface area contributed by atoms with Crippen LogP contribution in [0.3, 0.4) is 0 Å². The van der Waals surface area contributed by atoms with Crippen LogP contribution in [0.5, 0.6) is 5.75 Å². The number of aromatic nitrogens is 1. The number of phenolic OH excluding ortho intramolecular Hbond substituents is 1. The monoisotopic (exact) mass is 398 g/mol. The number of ether oxygens (including phenoxy) is 1. The number of carbonyl (C=O) groups excluding carboxylic acids is 1. The molecule has 0 aliphatic heterocycles. The number of anilines is 1. The minimum absolute atomic E-state index is 0.114. The number of rotatable bonds is 6. The molecule has 0 aliphatic rings. The average molecular weight is 398 g/mol. The molecule has 0 aliphatic carbocycles. The molecule has 0 fully saturated rings. The lowest BCUT2D eigenvalue weighted by Gasteiger charge is -2.23. The maximum absolute atomic E-state index is 12.4. The summed E-state index contributed by atoms with van der Waals surface area (Å²) in [5.41, 5.74) is 3.23. The average Bonchev–Trinajstić information content (AvgIpc) is 2.79. The van der Waals surface area contributed by atoms with Crippen molar-refractivity contribution < 1.29 is 14.6 Å². The van der Waals surface area contributed by atoms with Gasteiger partial charge in [0.2, 0.25) is 0 Å². The molecule has 0 amide bonds. The van der Waals surface area contributed by atoms with Gasteiger partial charge in [-0.25, -0.2) is 4.79 Å². The summed E-state index contributed by atoms with van der Waals surface area (Å²) in [6.45, 7) is 2.08. The molecule has 1 heterocycles. The van der Waals surface area contributed by atoms with Crippen molar-refractivity contribution in [2.75, 3.05) is 11.9 Å². The number of carbonyl (C=O) groups is 1. The van der Waals surface area contributed by atoms with Crippen molar-refractivity contribution >= 4 is 22.6 Å². The van der Waals surface area contributed by atoms with Gasteiger partial charge >= 0.3 is 5.97 Å². The van der Waals surface area contributed by atoms with Gasteiger partial charge in [0.1, 0.15) is 11.3 Å². The number of aromatic hydroxyl groups is 1. The van der Waals surface area contributed by atoms with E-state index in [1.807, 2.05) is 66.7 Å². The SMILES string of the molecule is CCOC(=O)c1ccccc1N[C@@H](c1ccccc1)c1ccc2cccnc2c1O. The smallest absolute Gasteiger partial charge is 0.340 e. The maximum atomic E-state index is 12.4. The van der Waals surface area contributed by atoms with E-state index in [0.29, 0.717) is 28.9 Å². The number of nitrogens with zero attached hydrogens (tertiary/aromatic N) is 1. The molecule has 0 bridgehead atoms. The largest absolute Gasteiger partial charge is 0.505 e. The van der Waals surface area contributed by atoms with Crippen LogP contribution >= 0.6 is 0 Å². The van der Waals surface area contributed by atoms with Gasteiger partial charge in [0.15, 0.2) is 0 Å². The minimum Gasteiger partial charge on any atom is -0.505 e. The predicted octanol–water partition coefficient (Wildman–Crippen LogP) is 5.32. The lowest BCUT2D eigenvalue weighted by molar-refractivity contribution is 0.0527. The Kier molecular flexibility index (Phi) is 5.61. The van der Waals surface area contributed by atoms with Crippen LogP contribution in [0.1, 0.15) is 34.5 Å². The zero-order valence-electron chi connectivity index (χ0n) is 16.6. The second-order valence-corrected chi connectivity index (χ2v) is 6.83. The molecule has 0 radical (unpaired) electrons. The first-order valence-electron chi connectivity index (χ1n) is 9.83. The number of pyridine rings is 1. The molecular formula is C25H22N2O3. The minimum atomic E-state index is -0.395. The highest BCUT2D eigenvalue weighted by molar-refractivity contribution is 5.96. The second kappa shape index (κ2) is 8.66. The summed E-state index contributed by atoms with van der Waals surface area (Å²) in [5, 5.41) is 15.3. The molecule has 1 atom stereocenters. The van der Waals surface area contributed by atoms with E-state index in [9.17, 15) is 9.90 Å². The molecule has 4 aromatic rings. The molecule has 5 heteroatoms. The summed E-state index contributed by atoms with van der Waals surface area (Å²) < 4.78 is 5.20. The number of phenols is 1. The Labute approximate surface area is 175 Å². The first kappa shape index (κ1) is 19.5. The van der Waals surface area contributed by atoms with Gasteiger partial charge in [-0.2, -0.15) is 0 Å². The number of esters is 1. The fourth-order valence-corrected chi connectivity index (χ4v) is 3.52. The molecule has 0 unspecified atom stereocenters. The molecule has 150 valence electrons. The van der Waals surface area contributed by atoms with Crippen molar-refractivity contribution in [1.29, 1.82) is 0 Å². The Balaban J connectivity index is 1.82. The van der Waals surface area contributed by atoms with Gasteiger partial charge in [0.25, 0.3) is 0 Å². The Bertz CT molecular complexity index is 1180. The number of hydrogen-bond acceptors (Lipinski definition) is 5. The normalized spacial score (nSPS) is 11.8. The van der Waals surface area contributed by atoms with Crippen molar-refractivity contribution in [3.63, 3.8) is 0 Å². The molecule has 0 spiro atoms. The van der Waals surface area contributed by atoms with Crippen LogP contribution in [0.15, 0.2) is 85.1 Å². The number of nitrogens with one attached hydrogen (secondary N) is 1. The van der Waals surface area contributed by atoms with Crippen LogP contribution in [0.4, 0.5) is 5.69 Å². The van der Waals surface area contributed by atoms with Crippen LogP contribution < -0.4 is 5.32 Å². The van der Waals surface area contributed by atoms with E-state index >= 15 is 0 Å². The van der Waals surface area contributed by atoms with Crippen LogP contribution in [0.25, 0.3) is 10.9 Å². The first-order valence-corrected chi connectivity index (χ1v) is 9.83. The van der Waals surface area contributed by atoms with Crippen LogP contribution in [0, 0.1) is 0 Å². The molecule has 0 saturated carbocycles. The molecule has 0 saturated heterocycles. The molecule has 2 N–H and O–H groups in total. The van der Waals surface area contributed by atoms with E-state index < -0.39 is 12.0 Å². The molecule has 3 aromatic carbocycles. The highest BCUT2D eigenvalue weighted by Crippen LogP contribution is 2.37. The fraction of sp³-hybridized carbons (Fsp3) is 0.120. The summed E-state index contributed by atoms with van der Waals surface area (Å²) in [7, 11) is 0. The first-order chi connectivity index (χ1) is 14.7. The lowest BCUT2D eigenvalue weighted by Crippen LogP contribution is -2.16. The fourth-order valence-electron chi connectivity index (χ4n) is 3.52. The van der Waals surface area contributed by atoms with Crippen molar-refractivity contribution in [3.8, 4) is 5.75 Å². The second-order valence-electron chi connectivity index (χ2n) is 6.83. The van der Waals surface area contributed by atoms with E-state index in [0.717, 1.165) is 10.9 Å². The third-order valence-electron chi connectivity index (χ3n) is 4.95. The van der Waals surface area contributed by atoms with Crippen molar-refractivity contribution in [2.45, 2.75) is 13.0 Å². The Morgan fingerprint density at radius 2 is 1.77 bits per heavy atom. The van der Waals surface area contributed by atoms with Crippen LogP contribution in [-0.4, -0.2) is 22.7 Å². The third-order valence-corrected chi connectivity index (χ3v) is 4.95. The molecule has 4 rings (SSSR count). The summed E-state index contributed by atoms with van der Waals surface area (Å²) in [4.78, 5) is 16.8. The number of para-hydroxylation sites is 1. The van der Waals surface area contributed by atoms with E-state index in [1.165, 1.54) is 0 Å². The number of hydrogen-bond donors (Lipinski definition) is 2. The van der Waals surface area contributed by atoms with E-state index in [-0.39, 0.29) is 5.75 Å². The van der Waals surface area contributed by atoms with Gasteiger partial charge in [-0.1, -0.05) is 60.7 Å². The Morgan fingerprint density at radius 1 is 1.00 bits per heavy atom. The Morgan fingerprint density at radius 3 is 2.57 bits per heavy atom. The highest BCUT2D eigenvalue weighted by Gasteiger charge is 2.22. The van der Waals surface area contributed by atoms with Gasteiger partial charge in [0.05, 0.1) is 18.2 Å². The van der Waals surface area contributed by atoms with Crippen molar-refractivity contribution in [2.24, 2.45) is 0 Å². The van der Waals surface area contributed by atoms with Gasteiger partial charge in [-0.3, -0.25) is 4.98 Å². The number of benzene rings is 3. The quantitative estimate of drug-likeness (QED) is 0.430. The third kappa shape index (κ3) is 3.82. The summed E-state index contributed by atoms with van der Waals surface area (Å²) in [6.07, 6.45) is 1.66. The van der Waals surface area contributed by atoms with Gasteiger partial charge < -0.3 is 15.2 Å². The van der Waals surface area contributed by atoms with Crippen LogP contribution in [0.2, 0.25) is 0 Å². The highest BCUT2D eigenvalue weighted by atomic mass is 16.5. The molecule has 30 heavy (non-hydrogen) atoms. The molecule has 1 aromatic heterocycles. The Hall–Kier alpha value is -3.86. The lowest BCUT2D eigenvalue weighted by atomic mass is 9.95. The van der Waals surface area contributed by atoms with Crippen molar-refractivity contribution in [3.05, 3.63) is 102 Å². The maximum Gasteiger partial charge on any atom is 0.340 e. The summed E-state index contributed by atoms with van der Waals surface area (Å²) in [6, 6.07) is 24.2. The zero-order valence-corrected chi connectivity index (χ0v) is 16.6. The van der Waals surface area contributed by atoms with E-state index in [4.69, 9.17) is 4.74 Å².